The maximum atomic E-state index is 13.1. The molecule has 7 rings (SSSR count). The lowest BCUT2D eigenvalue weighted by molar-refractivity contribution is -0.177. The van der Waals surface area contributed by atoms with Gasteiger partial charge in [0.15, 0.2) is 11.6 Å². The molecular formula is C20H20O8. The molecule has 4 bridgehead atoms. The molecule has 0 spiro atoms. The van der Waals surface area contributed by atoms with E-state index < -0.39 is 60.7 Å². The summed E-state index contributed by atoms with van der Waals surface area (Å²) in [5.74, 6) is -1.10. The molecule has 28 heavy (non-hydrogen) atoms. The molecule has 12 atom stereocenters. The molecule has 8 heteroatoms. The molecule has 2 fully saturated rings. The molecule has 0 amide bonds. The minimum Gasteiger partial charge on any atom is -0.386 e. The first-order chi connectivity index (χ1) is 13.4. The van der Waals surface area contributed by atoms with E-state index in [1.807, 2.05) is 13.8 Å². The molecule has 12 unspecified atom stereocenters. The maximum absolute atomic E-state index is 13.1. The molecule has 0 radical (unpaired) electrons. The van der Waals surface area contributed by atoms with Crippen molar-refractivity contribution in [1.29, 1.82) is 0 Å². The zero-order valence-electron chi connectivity index (χ0n) is 15.3. The van der Waals surface area contributed by atoms with E-state index in [2.05, 4.69) is 0 Å². The van der Waals surface area contributed by atoms with E-state index in [0.717, 1.165) is 0 Å². The molecule has 3 aliphatic carbocycles. The molecule has 0 aromatic carbocycles. The maximum Gasteiger partial charge on any atom is 0.190 e. The van der Waals surface area contributed by atoms with Crippen molar-refractivity contribution < 1.29 is 38.7 Å². The van der Waals surface area contributed by atoms with Crippen LogP contribution in [-0.4, -0.2) is 82.8 Å². The van der Waals surface area contributed by atoms with Gasteiger partial charge in [0.2, 0.25) is 0 Å². The van der Waals surface area contributed by atoms with Crippen LogP contribution in [0.15, 0.2) is 22.3 Å². The van der Waals surface area contributed by atoms with Gasteiger partial charge >= 0.3 is 0 Å². The highest BCUT2D eigenvalue weighted by Crippen LogP contribution is 2.57. The molecule has 7 aliphatic rings. The molecule has 0 saturated carbocycles. The Hall–Kier alpha value is -1.42. The van der Waals surface area contributed by atoms with Crippen LogP contribution >= 0.6 is 0 Å². The van der Waals surface area contributed by atoms with E-state index in [9.17, 15) is 19.8 Å². The van der Waals surface area contributed by atoms with E-state index in [0.29, 0.717) is 22.3 Å². The number of aliphatic hydroxyl groups excluding tert-OH is 2. The van der Waals surface area contributed by atoms with Crippen LogP contribution in [0.1, 0.15) is 13.8 Å². The molecule has 4 aliphatic heterocycles. The van der Waals surface area contributed by atoms with E-state index in [1.54, 1.807) is 0 Å². The Morgan fingerprint density at radius 3 is 1.43 bits per heavy atom. The molecule has 0 aromatic heterocycles. The van der Waals surface area contributed by atoms with Gasteiger partial charge in [-0.1, -0.05) is 0 Å². The topological polar surface area (TPSA) is 118 Å². The van der Waals surface area contributed by atoms with Gasteiger partial charge in [-0.3, -0.25) is 9.59 Å². The average molecular weight is 388 g/mol. The van der Waals surface area contributed by atoms with Crippen molar-refractivity contribution in [3.8, 4) is 0 Å². The third kappa shape index (κ3) is 1.67. The number of Topliss-reactive ketones (excluding diaryl/α,β-unsaturated/α-hetero) is 2. The predicted molar refractivity (Wildman–Crippen MR) is 89.1 cm³/mol. The lowest BCUT2D eigenvalue weighted by Crippen LogP contribution is -2.62. The Bertz CT molecular complexity index is 845. The SMILES string of the molecule is CC1OC2C3=C(C(=O)C4OC4C3O)C1C1C3=C(C(O)C4OC4C3=O)C2OC1C. The summed E-state index contributed by atoms with van der Waals surface area (Å²) in [5, 5.41) is 21.8. The summed E-state index contributed by atoms with van der Waals surface area (Å²) in [6.45, 7) is 3.80. The number of epoxide rings is 2. The fourth-order valence-corrected chi connectivity index (χ4v) is 6.43. The Morgan fingerprint density at radius 2 is 1.04 bits per heavy atom. The van der Waals surface area contributed by atoms with Gasteiger partial charge in [-0.25, -0.2) is 0 Å². The minimum absolute atomic E-state index is 0.110. The number of hydrogen-bond acceptors (Lipinski definition) is 8. The molecule has 2 N–H and O–H groups in total. The average Bonchev–Trinajstić information content (AvgIpc) is 3.53. The monoisotopic (exact) mass is 388 g/mol. The summed E-state index contributed by atoms with van der Waals surface area (Å²) in [7, 11) is 0. The van der Waals surface area contributed by atoms with Crippen LogP contribution in [0.25, 0.3) is 0 Å². The normalized spacial score (nSPS) is 58.0. The second kappa shape index (κ2) is 4.83. The minimum atomic E-state index is -0.943. The van der Waals surface area contributed by atoms with Crippen LogP contribution in [0.2, 0.25) is 0 Å². The highest BCUT2D eigenvalue weighted by Gasteiger charge is 2.68. The second-order valence-electron chi connectivity index (χ2n) is 8.97. The van der Waals surface area contributed by atoms with Gasteiger partial charge in [0.25, 0.3) is 0 Å². The van der Waals surface area contributed by atoms with E-state index >= 15 is 0 Å². The van der Waals surface area contributed by atoms with Gasteiger partial charge in [0.1, 0.15) is 48.8 Å². The molecule has 8 nitrogen and oxygen atoms in total. The Balaban J connectivity index is 1.50. The first-order valence-corrected chi connectivity index (χ1v) is 9.94. The second-order valence-corrected chi connectivity index (χ2v) is 8.97. The van der Waals surface area contributed by atoms with Gasteiger partial charge in [0, 0.05) is 23.0 Å². The predicted octanol–water partition coefficient (Wildman–Crippen LogP) is -1.18. The number of ketones is 2. The van der Waals surface area contributed by atoms with Gasteiger partial charge < -0.3 is 29.2 Å². The van der Waals surface area contributed by atoms with Crippen molar-refractivity contribution in [3.05, 3.63) is 22.3 Å². The fourth-order valence-electron chi connectivity index (χ4n) is 6.43. The van der Waals surface area contributed by atoms with Crippen LogP contribution in [0.4, 0.5) is 0 Å². The van der Waals surface area contributed by atoms with Gasteiger partial charge in [0.05, 0.1) is 12.2 Å². The fraction of sp³-hybridized carbons (Fsp3) is 0.700. The number of rotatable bonds is 0. The van der Waals surface area contributed by atoms with Crippen molar-refractivity contribution in [2.24, 2.45) is 11.8 Å². The third-order valence-corrected chi connectivity index (χ3v) is 7.66. The smallest absolute Gasteiger partial charge is 0.190 e. The van der Waals surface area contributed by atoms with Crippen LogP contribution in [0, 0.1) is 11.8 Å². The lowest BCUT2D eigenvalue weighted by Gasteiger charge is -2.55. The first-order valence-electron chi connectivity index (χ1n) is 9.94. The van der Waals surface area contributed by atoms with Crippen LogP contribution in [0.3, 0.4) is 0 Å². The van der Waals surface area contributed by atoms with Crippen molar-refractivity contribution >= 4 is 11.6 Å². The number of carbonyl (C=O) groups is 2. The van der Waals surface area contributed by atoms with Gasteiger partial charge in [-0.05, 0) is 25.0 Å². The van der Waals surface area contributed by atoms with Gasteiger partial charge in [-0.2, -0.15) is 0 Å². The number of ether oxygens (including phenoxy) is 4. The summed E-state index contributed by atoms with van der Waals surface area (Å²) >= 11 is 0. The van der Waals surface area contributed by atoms with Crippen LogP contribution < -0.4 is 0 Å². The van der Waals surface area contributed by atoms with Crippen molar-refractivity contribution in [2.75, 3.05) is 0 Å². The van der Waals surface area contributed by atoms with Gasteiger partial charge in [-0.15, -0.1) is 0 Å². The Labute approximate surface area is 160 Å². The van der Waals surface area contributed by atoms with Crippen molar-refractivity contribution in [2.45, 2.75) is 74.9 Å². The molecular weight excluding hydrogens is 368 g/mol. The number of aliphatic hydroxyl groups is 2. The van der Waals surface area contributed by atoms with E-state index in [4.69, 9.17) is 18.9 Å². The highest BCUT2D eigenvalue weighted by molar-refractivity contribution is 6.07. The highest BCUT2D eigenvalue weighted by atomic mass is 16.6. The van der Waals surface area contributed by atoms with Crippen molar-refractivity contribution in [3.63, 3.8) is 0 Å². The van der Waals surface area contributed by atoms with E-state index in [-0.39, 0.29) is 23.8 Å². The molecule has 4 heterocycles. The summed E-state index contributed by atoms with van der Waals surface area (Å²) in [5.41, 5.74) is 2.12. The number of carbonyl (C=O) groups excluding carboxylic acids is 2. The molecule has 148 valence electrons. The molecule has 0 aromatic rings. The van der Waals surface area contributed by atoms with E-state index in [1.165, 1.54) is 0 Å². The zero-order valence-corrected chi connectivity index (χ0v) is 15.3. The zero-order chi connectivity index (χ0) is 19.2. The largest absolute Gasteiger partial charge is 0.386 e. The van der Waals surface area contributed by atoms with Crippen molar-refractivity contribution in [1.82, 2.24) is 0 Å². The third-order valence-electron chi connectivity index (χ3n) is 7.66. The summed E-state index contributed by atoms with van der Waals surface area (Å²) in [4.78, 5) is 26.3. The first kappa shape index (κ1) is 16.4. The van der Waals surface area contributed by atoms with Crippen LogP contribution in [-0.2, 0) is 28.5 Å². The van der Waals surface area contributed by atoms with Crippen LogP contribution in [0.5, 0.6) is 0 Å². The standard InChI is InChI=1S/C20H20O8/c1-3-5-6-4(2)26-16(10-8(6)12(22)18-20(28-18)14(10)24)15(25-3)9-7(5)11(21)17-19(27-17)13(9)23/h3-6,13-20,23-24H,1-2H3. The Kier molecular flexibility index (Phi) is 2.83. The number of fused-ring (bicyclic) bond motifs is 4. The summed E-state index contributed by atoms with van der Waals surface area (Å²) in [6, 6.07) is 0. The quantitative estimate of drug-likeness (QED) is 0.498. The lowest BCUT2D eigenvalue weighted by atomic mass is 9.60. The molecule has 2 saturated heterocycles. The Morgan fingerprint density at radius 1 is 0.643 bits per heavy atom. The summed E-state index contributed by atoms with van der Waals surface area (Å²) < 4.78 is 23.4. The number of hydrogen-bond donors (Lipinski definition) is 2. The summed E-state index contributed by atoms with van der Waals surface area (Å²) in [6.07, 6.45) is -6.30.